The fraction of sp³-hybridized carbons (Fsp3) is 0.455. The van der Waals surface area contributed by atoms with Crippen LogP contribution in [-0.2, 0) is 30.3 Å². The molecule has 42 heavy (non-hydrogen) atoms. The molecule has 0 aromatic heterocycles. The molecule has 9 nitrogen and oxygen atoms in total. The Kier molecular flexibility index (Phi) is 11.9. The first-order chi connectivity index (χ1) is 19.5. The molecule has 2 N–H and O–H groups in total. The average Bonchev–Trinajstić information content (AvgIpc) is 2.89. The fourth-order valence-corrected chi connectivity index (χ4v) is 4.26. The number of hydrogen-bond donors (Lipinski definition) is 2. The van der Waals surface area contributed by atoms with Gasteiger partial charge in [-0.1, -0.05) is 61.2 Å². The van der Waals surface area contributed by atoms with Gasteiger partial charge in [0.2, 0.25) is 11.8 Å². The first kappa shape index (κ1) is 34.1. The molecule has 9 heteroatoms. The van der Waals surface area contributed by atoms with Crippen molar-refractivity contribution in [2.75, 3.05) is 6.54 Å². The molecular weight excluding hydrogens is 534 g/mol. The highest BCUT2D eigenvalue weighted by Crippen LogP contribution is 2.25. The van der Waals surface area contributed by atoms with Gasteiger partial charge in [-0.05, 0) is 78.1 Å². The monoisotopic (exact) mass is 579 g/mol. The summed E-state index contributed by atoms with van der Waals surface area (Å²) in [5.41, 5.74) is 0.578. The van der Waals surface area contributed by atoms with Crippen molar-refractivity contribution < 1.29 is 28.7 Å². The van der Waals surface area contributed by atoms with Gasteiger partial charge in [-0.3, -0.25) is 9.59 Å². The maximum Gasteiger partial charge on any atom is 0.408 e. The van der Waals surface area contributed by atoms with Crippen molar-refractivity contribution in [3.63, 3.8) is 0 Å². The van der Waals surface area contributed by atoms with Gasteiger partial charge in [-0.25, -0.2) is 9.59 Å². The third-order valence-corrected chi connectivity index (χ3v) is 6.04. The summed E-state index contributed by atoms with van der Waals surface area (Å²) < 4.78 is 10.9. The van der Waals surface area contributed by atoms with E-state index in [0.717, 1.165) is 11.1 Å². The standard InChI is InChI=1S/C33H45N3O6/c1-10-23-18-15-19-25(20-23)27(36(11-2)29(38)22(3)34-31(40)42-33(7,8)9)28(37)35-26(30(39)41-32(4,5)6)21-24-16-13-12-14-17-24/h10,12-20,22,26-27H,1,11,21H2,2-9H3,(H,34,40)(H,35,37). The first-order valence-corrected chi connectivity index (χ1v) is 14.1. The second-order valence-electron chi connectivity index (χ2n) is 12.1. The second-order valence-corrected chi connectivity index (χ2v) is 12.1. The molecule has 0 aliphatic heterocycles. The summed E-state index contributed by atoms with van der Waals surface area (Å²) in [6, 6.07) is 13.2. The number of ether oxygens (including phenoxy) is 2. The number of nitrogens with one attached hydrogen (secondary N) is 2. The summed E-state index contributed by atoms with van der Waals surface area (Å²) in [7, 11) is 0. The van der Waals surface area contributed by atoms with Crippen molar-refractivity contribution in [2.45, 2.75) is 91.1 Å². The Morgan fingerprint density at radius 3 is 2.07 bits per heavy atom. The summed E-state index contributed by atoms with van der Waals surface area (Å²) in [5.74, 6) is -1.65. The number of esters is 1. The molecule has 228 valence electrons. The molecule has 0 saturated carbocycles. The van der Waals surface area contributed by atoms with E-state index in [4.69, 9.17) is 9.47 Å². The molecule has 0 aliphatic carbocycles. The summed E-state index contributed by atoms with van der Waals surface area (Å²) in [6.07, 6.45) is 1.08. The molecule has 3 unspecified atom stereocenters. The zero-order valence-corrected chi connectivity index (χ0v) is 26.0. The van der Waals surface area contributed by atoms with E-state index < -0.39 is 53.2 Å². The van der Waals surface area contributed by atoms with Crippen LogP contribution < -0.4 is 10.6 Å². The average molecular weight is 580 g/mol. The molecule has 0 spiro atoms. The summed E-state index contributed by atoms with van der Waals surface area (Å²) in [6.45, 7) is 17.7. The lowest BCUT2D eigenvalue weighted by molar-refractivity contribution is -0.159. The molecule has 3 amide bonds. The van der Waals surface area contributed by atoms with Crippen molar-refractivity contribution in [3.05, 3.63) is 77.9 Å². The number of benzene rings is 2. The Bertz CT molecular complexity index is 1250. The molecule has 0 aliphatic rings. The van der Waals surface area contributed by atoms with Crippen LogP contribution in [0.25, 0.3) is 6.08 Å². The van der Waals surface area contributed by atoms with Crippen LogP contribution >= 0.6 is 0 Å². The highest BCUT2D eigenvalue weighted by atomic mass is 16.6. The molecule has 0 bridgehead atoms. The van der Waals surface area contributed by atoms with Crippen LogP contribution in [0.3, 0.4) is 0 Å². The minimum Gasteiger partial charge on any atom is -0.458 e. The van der Waals surface area contributed by atoms with E-state index in [-0.39, 0.29) is 13.0 Å². The number of carbonyl (C=O) groups excluding carboxylic acids is 4. The third kappa shape index (κ3) is 10.7. The van der Waals surface area contributed by atoms with Crippen LogP contribution in [-0.4, -0.2) is 58.6 Å². The molecule has 0 heterocycles. The van der Waals surface area contributed by atoms with E-state index in [1.807, 2.05) is 36.4 Å². The van der Waals surface area contributed by atoms with E-state index in [9.17, 15) is 19.2 Å². The predicted molar refractivity (Wildman–Crippen MR) is 163 cm³/mol. The summed E-state index contributed by atoms with van der Waals surface area (Å²) >= 11 is 0. The largest absolute Gasteiger partial charge is 0.458 e. The van der Waals surface area contributed by atoms with Gasteiger partial charge < -0.3 is 25.0 Å². The predicted octanol–water partition coefficient (Wildman–Crippen LogP) is 5.20. The van der Waals surface area contributed by atoms with Crippen LogP contribution in [0, 0.1) is 0 Å². The minimum absolute atomic E-state index is 0.144. The van der Waals surface area contributed by atoms with Crippen molar-refractivity contribution in [1.29, 1.82) is 0 Å². The topological polar surface area (TPSA) is 114 Å². The fourth-order valence-electron chi connectivity index (χ4n) is 4.26. The van der Waals surface area contributed by atoms with Crippen molar-refractivity contribution >= 4 is 30.0 Å². The Labute approximate surface area is 249 Å². The summed E-state index contributed by atoms with van der Waals surface area (Å²) in [5, 5.41) is 5.42. The number of carbonyl (C=O) groups is 4. The lowest BCUT2D eigenvalue weighted by atomic mass is 9.99. The molecular formula is C33H45N3O6. The maximum atomic E-state index is 14.1. The smallest absolute Gasteiger partial charge is 0.408 e. The van der Waals surface area contributed by atoms with Gasteiger partial charge in [0.15, 0.2) is 0 Å². The van der Waals surface area contributed by atoms with E-state index in [1.54, 1.807) is 72.7 Å². The van der Waals surface area contributed by atoms with Crippen LogP contribution in [0.4, 0.5) is 4.79 Å². The summed E-state index contributed by atoms with van der Waals surface area (Å²) in [4.78, 5) is 54.9. The van der Waals surface area contributed by atoms with Crippen LogP contribution in [0.15, 0.2) is 61.2 Å². The normalized spacial score (nSPS) is 13.6. The van der Waals surface area contributed by atoms with Gasteiger partial charge in [-0.2, -0.15) is 0 Å². The van der Waals surface area contributed by atoms with E-state index in [0.29, 0.717) is 5.56 Å². The maximum absolute atomic E-state index is 14.1. The number of alkyl carbamates (subject to hydrolysis) is 1. The van der Waals surface area contributed by atoms with Crippen LogP contribution in [0.5, 0.6) is 0 Å². The molecule has 0 fully saturated rings. The van der Waals surface area contributed by atoms with Gasteiger partial charge in [0.05, 0.1) is 0 Å². The Morgan fingerprint density at radius 2 is 1.52 bits per heavy atom. The van der Waals surface area contributed by atoms with Crippen molar-refractivity contribution in [2.24, 2.45) is 0 Å². The number of nitrogens with zero attached hydrogens (tertiary/aromatic N) is 1. The lowest BCUT2D eigenvalue weighted by Gasteiger charge is -2.34. The minimum atomic E-state index is -1.12. The Balaban J connectivity index is 2.47. The number of rotatable bonds is 11. The Hall–Kier alpha value is -4.14. The second kappa shape index (κ2) is 14.7. The lowest BCUT2D eigenvalue weighted by Crippen LogP contribution is -2.54. The third-order valence-electron chi connectivity index (χ3n) is 6.04. The van der Waals surface area contributed by atoms with E-state index in [2.05, 4.69) is 17.2 Å². The molecule has 2 aromatic carbocycles. The van der Waals surface area contributed by atoms with Crippen molar-refractivity contribution in [1.82, 2.24) is 15.5 Å². The first-order valence-electron chi connectivity index (χ1n) is 14.1. The molecule has 2 aromatic rings. The van der Waals surface area contributed by atoms with Crippen molar-refractivity contribution in [3.8, 4) is 0 Å². The highest BCUT2D eigenvalue weighted by Gasteiger charge is 2.36. The number of likely N-dealkylation sites (N-methyl/N-ethyl adjacent to an activating group) is 1. The van der Waals surface area contributed by atoms with Crippen LogP contribution in [0.1, 0.15) is 78.1 Å². The van der Waals surface area contributed by atoms with Gasteiger partial charge in [-0.15, -0.1) is 0 Å². The van der Waals surface area contributed by atoms with Gasteiger partial charge >= 0.3 is 12.1 Å². The van der Waals surface area contributed by atoms with E-state index >= 15 is 0 Å². The van der Waals surface area contributed by atoms with Gasteiger partial charge in [0, 0.05) is 13.0 Å². The number of amides is 3. The molecule has 0 radical (unpaired) electrons. The van der Waals surface area contributed by atoms with Crippen LogP contribution in [0.2, 0.25) is 0 Å². The molecule has 3 atom stereocenters. The quantitative estimate of drug-likeness (QED) is 0.354. The number of hydrogen-bond acceptors (Lipinski definition) is 6. The van der Waals surface area contributed by atoms with E-state index in [1.165, 1.54) is 11.8 Å². The highest BCUT2D eigenvalue weighted by molar-refractivity contribution is 5.94. The Morgan fingerprint density at radius 1 is 0.905 bits per heavy atom. The zero-order valence-electron chi connectivity index (χ0n) is 26.0. The molecule has 2 rings (SSSR count). The molecule has 0 saturated heterocycles. The SMILES string of the molecule is C=Cc1cccc(C(C(=O)NC(Cc2ccccc2)C(=O)OC(C)(C)C)N(CC)C(=O)C(C)NC(=O)OC(C)(C)C)c1. The van der Waals surface area contributed by atoms with Gasteiger partial charge in [0.25, 0.3) is 0 Å². The zero-order chi connectivity index (χ0) is 31.7. The van der Waals surface area contributed by atoms with Gasteiger partial charge in [0.1, 0.15) is 29.3 Å².